The van der Waals surface area contributed by atoms with Gasteiger partial charge in [0.2, 0.25) is 5.91 Å². The van der Waals surface area contributed by atoms with Gasteiger partial charge in [-0.1, -0.05) is 19.1 Å². The Bertz CT molecular complexity index is 483. The molecule has 0 radical (unpaired) electrons. The molecule has 1 amide bonds. The number of rotatable bonds is 2. The predicted molar refractivity (Wildman–Crippen MR) is 72.5 cm³/mol. The minimum absolute atomic E-state index is 0.182. The van der Waals surface area contributed by atoms with Gasteiger partial charge in [-0.15, -0.1) is 0 Å². The van der Waals surface area contributed by atoms with Gasteiger partial charge < -0.3 is 9.80 Å². The van der Waals surface area contributed by atoms with E-state index in [0.29, 0.717) is 43.7 Å². The molecule has 4 heteroatoms. The molecular weight excluding hydrogens is 243 g/mol. The van der Waals surface area contributed by atoms with Gasteiger partial charge in [0.1, 0.15) is 5.82 Å². The van der Waals surface area contributed by atoms with E-state index in [1.807, 2.05) is 15.9 Å². The van der Waals surface area contributed by atoms with Crippen LogP contribution in [-0.4, -0.2) is 37.0 Å². The van der Waals surface area contributed by atoms with Crippen LogP contribution in [0.25, 0.3) is 0 Å². The first-order valence-corrected chi connectivity index (χ1v) is 6.95. The molecule has 0 N–H and O–H groups in total. The number of para-hydroxylation sites is 1. The highest BCUT2D eigenvalue weighted by Gasteiger charge is 2.41. The molecular formula is C15H19FN2O. The van der Waals surface area contributed by atoms with E-state index < -0.39 is 0 Å². The van der Waals surface area contributed by atoms with E-state index in [9.17, 15) is 9.18 Å². The molecule has 1 aliphatic heterocycles. The summed E-state index contributed by atoms with van der Waals surface area (Å²) in [6, 6.07) is 6.84. The molecule has 19 heavy (non-hydrogen) atoms. The maximum absolute atomic E-state index is 13.7. The average Bonchev–Trinajstić information content (AvgIpc) is 3.16. The molecule has 0 aromatic heterocycles. The van der Waals surface area contributed by atoms with Gasteiger partial charge in [0.25, 0.3) is 0 Å². The van der Waals surface area contributed by atoms with Crippen LogP contribution in [0, 0.1) is 17.7 Å². The second-order valence-corrected chi connectivity index (χ2v) is 5.58. The number of carbonyl (C=O) groups is 1. The number of piperazine rings is 1. The number of carbonyl (C=O) groups excluding carboxylic acids is 1. The highest BCUT2D eigenvalue weighted by Crippen LogP contribution is 2.39. The molecule has 2 atom stereocenters. The van der Waals surface area contributed by atoms with Gasteiger partial charge in [0, 0.05) is 32.1 Å². The van der Waals surface area contributed by atoms with E-state index in [2.05, 4.69) is 6.92 Å². The van der Waals surface area contributed by atoms with Crippen molar-refractivity contribution in [2.24, 2.45) is 11.8 Å². The van der Waals surface area contributed by atoms with Crippen molar-refractivity contribution in [3.63, 3.8) is 0 Å². The summed E-state index contributed by atoms with van der Waals surface area (Å²) in [5.41, 5.74) is 0.648. The van der Waals surface area contributed by atoms with E-state index in [1.165, 1.54) is 6.07 Å². The van der Waals surface area contributed by atoms with Crippen LogP contribution in [0.4, 0.5) is 10.1 Å². The second-order valence-electron chi connectivity index (χ2n) is 5.58. The number of halogens is 1. The van der Waals surface area contributed by atoms with Crippen molar-refractivity contribution in [2.75, 3.05) is 31.1 Å². The quantitative estimate of drug-likeness (QED) is 0.815. The van der Waals surface area contributed by atoms with Gasteiger partial charge >= 0.3 is 0 Å². The lowest BCUT2D eigenvalue weighted by atomic mass is 10.2. The van der Waals surface area contributed by atoms with Gasteiger partial charge in [0.05, 0.1) is 5.69 Å². The number of anilines is 1. The Balaban J connectivity index is 1.60. The third-order valence-corrected chi connectivity index (χ3v) is 4.21. The van der Waals surface area contributed by atoms with Crippen molar-refractivity contribution < 1.29 is 9.18 Å². The van der Waals surface area contributed by atoms with Gasteiger partial charge in [-0.25, -0.2) is 4.39 Å². The Morgan fingerprint density at radius 1 is 1.21 bits per heavy atom. The Morgan fingerprint density at radius 2 is 1.84 bits per heavy atom. The molecule has 1 aromatic rings. The SMILES string of the molecule is C[C@H]1C[C@H]1C(=O)N1CCN(c2ccccc2F)CC1. The Labute approximate surface area is 113 Å². The fourth-order valence-corrected chi connectivity index (χ4v) is 2.78. The fraction of sp³-hybridized carbons (Fsp3) is 0.533. The van der Waals surface area contributed by atoms with Crippen molar-refractivity contribution in [3.05, 3.63) is 30.1 Å². The fourth-order valence-electron chi connectivity index (χ4n) is 2.78. The third-order valence-electron chi connectivity index (χ3n) is 4.21. The van der Waals surface area contributed by atoms with E-state index in [-0.39, 0.29) is 11.7 Å². The number of hydrogen-bond donors (Lipinski definition) is 0. The lowest BCUT2D eigenvalue weighted by Gasteiger charge is -2.36. The van der Waals surface area contributed by atoms with Gasteiger partial charge in [-0.2, -0.15) is 0 Å². The van der Waals surface area contributed by atoms with Crippen LogP contribution >= 0.6 is 0 Å². The second kappa shape index (κ2) is 4.83. The number of amides is 1. The van der Waals surface area contributed by atoms with E-state index >= 15 is 0 Å². The molecule has 1 aromatic carbocycles. The predicted octanol–water partition coefficient (Wildman–Crippen LogP) is 2.13. The Hall–Kier alpha value is -1.58. The Morgan fingerprint density at radius 3 is 2.42 bits per heavy atom. The zero-order valence-electron chi connectivity index (χ0n) is 11.2. The average molecular weight is 262 g/mol. The first-order chi connectivity index (χ1) is 9.16. The minimum atomic E-state index is -0.182. The van der Waals surface area contributed by atoms with Crippen LogP contribution in [0.15, 0.2) is 24.3 Å². The molecule has 0 unspecified atom stereocenters. The summed E-state index contributed by atoms with van der Waals surface area (Å²) in [7, 11) is 0. The smallest absolute Gasteiger partial charge is 0.226 e. The normalized spacial score (nSPS) is 26.4. The minimum Gasteiger partial charge on any atom is -0.366 e. The molecule has 3 nitrogen and oxygen atoms in total. The first kappa shape index (κ1) is 12.5. The van der Waals surface area contributed by atoms with Crippen LogP contribution in [0.5, 0.6) is 0 Å². The number of benzene rings is 1. The molecule has 1 aliphatic carbocycles. The molecule has 102 valence electrons. The lowest BCUT2D eigenvalue weighted by Crippen LogP contribution is -2.49. The Kier molecular flexibility index (Phi) is 3.17. The standard InChI is InChI=1S/C15H19FN2O/c1-11-10-12(11)15(19)18-8-6-17(7-9-18)14-5-3-2-4-13(14)16/h2-5,11-12H,6-10H2,1H3/t11-,12+/m0/s1. The molecule has 0 spiro atoms. The molecule has 3 rings (SSSR count). The van der Waals surface area contributed by atoms with Crippen molar-refractivity contribution in [3.8, 4) is 0 Å². The molecule has 1 saturated heterocycles. The summed E-state index contributed by atoms with van der Waals surface area (Å²) in [5, 5.41) is 0. The number of hydrogen-bond acceptors (Lipinski definition) is 2. The van der Waals surface area contributed by atoms with Crippen molar-refractivity contribution in [1.29, 1.82) is 0 Å². The summed E-state index contributed by atoms with van der Waals surface area (Å²) >= 11 is 0. The van der Waals surface area contributed by atoms with Crippen LogP contribution in [0.1, 0.15) is 13.3 Å². The summed E-state index contributed by atoms with van der Waals surface area (Å²) in [4.78, 5) is 16.1. The van der Waals surface area contributed by atoms with Gasteiger partial charge in [0.15, 0.2) is 0 Å². The van der Waals surface area contributed by atoms with E-state index in [4.69, 9.17) is 0 Å². The molecule has 0 bridgehead atoms. The van der Waals surface area contributed by atoms with E-state index in [1.54, 1.807) is 12.1 Å². The topological polar surface area (TPSA) is 23.6 Å². The monoisotopic (exact) mass is 262 g/mol. The molecule has 1 saturated carbocycles. The summed E-state index contributed by atoms with van der Waals surface area (Å²) in [6.07, 6.45) is 1.03. The molecule has 2 fully saturated rings. The maximum Gasteiger partial charge on any atom is 0.226 e. The van der Waals surface area contributed by atoms with Crippen LogP contribution < -0.4 is 4.90 Å². The largest absolute Gasteiger partial charge is 0.366 e. The van der Waals surface area contributed by atoms with Crippen LogP contribution in [-0.2, 0) is 4.79 Å². The highest BCUT2D eigenvalue weighted by molar-refractivity contribution is 5.81. The first-order valence-electron chi connectivity index (χ1n) is 6.95. The van der Waals surface area contributed by atoms with Crippen molar-refractivity contribution >= 4 is 11.6 Å². The van der Waals surface area contributed by atoms with E-state index in [0.717, 1.165) is 6.42 Å². The van der Waals surface area contributed by atoms with Gasteiger partial charge in [-0.05, 0) is 24.5 Å². The maximum atomic E-state index is 13.7. The van der Waals surface area contributed by atoms with Crippen molar-refractivity contribution in [1.82, 2.24) is 4.90 Å². The summed E-state index contributed by atoms with van der Waals surface area (Å²) < 4.78 is 13.7. The third kappa shape index (κ3) is 2.44. The number of nitrogens with zero attached hydrogens (tertiary/aromatic N) is 2. The van der Waals surface area contributed by atoms with Crippen LogP contribution in [0.3, 0.4) is 0 Å². The summed E-state index contributed by atoms with van der Waals surface area (Å²) in [5.74, 6) is 0.913. The highest BCUT2D eigenvalue weighted by atomic mass is 19.1. The molecule has 2 aliphatic rings. The zero-order chi connectivity index (χ0) is 13.4. The lowest BCUT2D eigenvalue weighted by molar-refractivity contribution is -0.133. The summed E-state index contributed by atoms with van der Waals surface area (Å²) in [6.45, 7) is 4.96. The van der Waals surface area contributed by atoms with Gasteiger partial charge in [-0.3, -0.25) is 4.79 Å². The van der Waals surface area contributed by atoms with Crippen LogP contribution in [0.2, 0.25) is 0 Å². The molecule has 1 heterocycles. The van der Waals surface area contributed by atoms with Crippen molar-refractivity contribution in [2.45, 2.75) is 13.3 Å². The zero-order valence-corrected chi connectivity index (χ0v) is 11.2.